The number of hydrogen-bond donors (Lipinski definition) is 1. The highest BCUT2D eigenvalue weighted by atomic mass is 16.1. The third kappa shape index (κ3) is 17.4. The molecule has 18 heavy (non-hydrogen) atoms. The van der Waals surface area contributed by atoms with E-state index in [2.05, 4.69) is 18.3 Å². The predicted octanol–water partition coefficient (Wildman–Crippen LogP) is 4.29. The topological polar surface area (TPSA) is 52.9 Å². The molecular weight excluding hydrogens is 224 g/mol. The molecule has 0 spiro atoms. The predicted molar refractivity (Wildman–Crippen MR) is 79.2 cm³/mol. The second kappa shape index (κ2) is 16.0. The molecule has 0 aliphatic rings. The third-order valence-electron chi connectivity index (χ3n) is 2.13. The van der Waals surface area contributed by atoms with Crippen molar-refractivity contribution in [3.8, 4) is 6.07 Å². The van der Waals surface area contributed by atoms with Crippen molar-refractivity contribution in [3.05, 3.63) is 0 Å². The van der Waals surface area contributed by atoms with E-state index < -0.39 is 0 Å². The van der Waals surface area contributed by atoms with Crippen LogP contribution in [0.5, 0.6) is 0 Å². The smallest absolute Gasteiger partial charge is 0.220 e. The molecule has 0 heterocycles. The van der Waals surface area contributed by atoms with Gasteiger partial charge in [0.15, 0.2) is 0 Å². The zero-order valence-electron chi connectivity index (χ0n) is 13.4. The van der Waals surface area contributed by atoms with Crippen molar-refractivity contribution in [2.45, 2.75) is 74.1 Å². The molecule has 1 N–H and O–H groups in total. The van der Waals surface area contributed by atoms with Crippen molar-refractivity contribution in [3.63, 3.8) is 0 Å². The largest absolute Gasteiger partial charge is 0.356 e. The second-order valence-electron chi connectivity index (χ2n) is 4.20. The summed E-state index contributed by atoms with van der Waals surface area (Å²) in [7, 11) is 0. The molecule has 3 heteroatoms. The Balaban J connectivity index is -0.000000506. The molecule has 0 saturated carbocycles. The van der Waals surface area contributed by atoms with Crippen LogP contribution in [0.3, 0.4) is 0 Å². The first kappa shape index (κ1) is 22.2. The molecule has 0 aliphatic heterocycles. The van der Waals surface area contributed by atoms with E-state index in [9.17, 15) is 4.79 Å². The van der Waals surface area contributed by atoms with E-state index in [-0.39, 0.29) is 11.3 Å². The van der Waals surface area contributed by atoms with E-state index in [1.807, 2.05) is 41.5 Å². The Bertz CT molecular complexity index is 217. The maximum atomic E-state index is 11.3. The van der Waals surface area contributed by atoms with Gasteiger partial charge in [-0.05, 0) is 26.7 Å². The van der Waals surface area contributed by atoms with E-state index in [1.165, 1.54) is 0 Å². The fourth-order valence-corrected chi connectivity index (χ4v) is 0.975. The van der Waals surface area contributed by atoms with Crippen molar-refractivity contribution in [2.75, 3.05) is 6.54 Å². The van der Waals surface area contributed by atoms with Gasteiger partial charge >= 0.3 is 0 Å². The minimum Gasteiger partial charge on any atom is -0.356 e. The Kier molecular flexibility index (Phi) is 19.7. The Morgan fingerprint density at radius 1 is 1.22 bits per heavy atom. The molecule has 0 aliphatic carbocycles. The molecule has 0 atom stereocenters. The van der Waals surface area contributed by atoms with Crippen LogP contribution < -0.4 is 5.32 Å². The van der Waals surface area contributed by atoms with Crippen molar-refractivity contribution >= 4 is 5.91 Å². The average Bonchev–Trinajstić information content (AvgIpc) is 2.41. The fourth-order valence-electron chi connectivity index (χ4n) is 0.975. The van der Waals surface area contributed by atoms with Crippen LogP contribution in [-0.4, -0.2) is 12.5 Å². The van der Waals surface area contributed by atoms with Gasteiger partial charge in [-0.3, -0.25) is 4.79 Å². The van der Waals surface area contributed by atoms with Crippen molar-refractivity contribution in [1.29, 1.82) is 5.26 Å². The molecule has 0 radical (unpaired) electrons. The van der Waals surface area contributed by atoms with Gasteiger partial charge in [0.05, 0.1) is 11.5 Å². The van der Waals surface area contributed by atoms with E-state index >= 15 is 0 Å². The maximum absolute atomic E-state index is 11.3. The highest BCUT2D eigenvalue weighted by Crippen LogP contribution is 2.20. The molecule has 0 aromatic carbocycles. The SMILES string of the molecule is CC.CC.CCCCNC(=O)CCC(C)(C)C#N. The third-order valence-corrected chi connectivity index (χ3v) is 2.13. The molecule has 0 unspecified atom stereocenters. The van der Waals surface area contributed by atoms with Crippen LogP contribution >= 0.6 is 0 Å². The zero-order valence-corrected chi connectivity index (χ0v) is 13.4. The van der Waals surface area contributed by atoms with E-state index in [4.69, 9.17) is 5.26 Å². The number of nitriles is 1. The van der Waals surface area contributed by atoms with Gasteiger partial charge < -0.3 is 5.32 Å². The van der Waals surface area contributed by atoms with Gasteiger partial charge in [0.2, 0.25) is 5.91 Å². The second-order valence-corrected chi connectivity index (χ2v) is 4.20. The van der Waals surface area contributed by atoms with Crippen LogP contribution in [0, 0.1) is 16.7 Å². The molecule has 3 nitrogen and oxygen atoms in total. The summed E-state index contributed by atoms with van der Waals surface area (Å²) >= 11 is 0. The first-order valence-corrected chi connectivity index (χ1v) is 7.20. The number of rotatable bonds is 6. The van der Waals surface area contributed by atoms with Gasteiger partial charge in [0, 0.05) is 13.0 Å². The molecule has 1 amide bonds. The molecule has 0 saturated heterocycles. The van der Waals surface area contributed by atoms with E-state index in [0.717, 1.165) is 19.4 Å². The van der Waals surface area contributed by atoms with Crippen LogP contribution in [-0.2, 0) is 4.79 Å². The standard InChI is InChI=1S/C11H20N2O.2C2H6/c1-4-5-8-13-10(14)6-7-11(2,3)9-12;2*1-2/h4-8H2,1-3H3,(H,13,14);2*1-2H3. The number of nitrogens with zero attached hydrogens (tertiary/aromatic N) is 1. The quantitative estimate of drug-likeness (QED) is 0.721. The maximum Gasteiger partial charge on any atom is 0.220 e. The first-order chi connectivity index (χ1) is 8.52. The van der Waals surface area contributed by atoms with Crippen LogP contribution in [0.2, 0.25) is 0 Å². The van der Waals surface area contributed by atoms with E-state index in [1.54, 1.807) is 0 Å². The number of amides is 1. The Morgan fingerprint density at radius 3 is 2.11 bits per heavy atom. The lowest BCUT2D eigenvalue weighted by Crippen LogP contribution is -2.25. The highest BCUT2D eigenvalue weighted by molar-refractivity contribution is 5.75. The summed E-state index contributed by atoms with van der Waals surface area (Å²) in [6.45, 7) is 14.5. The normalized spacial score (nSPS) is 9.00. The monoisotopic (exact) mass is 256 g/mol. The summed E-state index contributed by atoms with van der Waals surface area (Å²) in [4.78, 5) is 11.3. The summed E-state index contributed by atoms with van der Waals surface area (Å²) in [5, 5.41) is 11.6. The molecule has 108 valence electrons. The van der Waals surface area contributed by atoms with Crippen LogP contribution in [0.15, 0.2) is 0 Å². The Hall–Kier alpha value is -1.04. The summed E-state index contributed by atoms with van der Waals surface area (Å²) < 4.78 is 0. The molecule has 0 aromatic rings. The van der Waals surface area contributed by atoms with Crippen molar-refractivity contribution < 1.29 is 4.79 Å². The van der Waals surface area contributed by atoms with Gasteiger partial charge in [0.1, 0.15) is 0 Å². The minimum atomic E-state index is -0.387. The summed E-state index contributed by atoms with van der Waals surface area (Å²) in [6.07, 6.45) is 3.18. The lowest BCUT2D eigenvalue weighted by atomic mass is 9.90. The molecule has 0 fully saturated rings. The fraction of sp³-hybridized carbons (Fsp3) is 0.867. The number of nitrogens with one attached hydrogen (secondary N) is 1. The van der Waals surface area contributed by atoms with Crippen LogP contribution in [0.1, 0.15) is 74.1 Å². The Labute approximate surface area is 114 Å². The lowest BCUT2D eigenvalue weighted by Gasteiger charge is -2.14. The van der Waals surface area contributed by atoms with Gasteiger partial charge in [-0.15, -0.1) is 0 Å². The van der Waals surface area contributed by atoms with E-state index in [0.29, 0.717) is 12.8 Å². The van der Waals surface area contributed by atoms with Gasteiger partial charge in [-0.25, -0.2) is 0 Å². The zero-order chi connectivity index (χ0) is 15.0. The average molecular weight is 256 g/mol. The van der Waals surface area contributed by atoms with Crippen molar-refractivity contribution in [1.82, 2.24) is 5.32 Å². The summed E-state index contributed by atoms with van der Waals surface area (Å²) in [5.74, 6) is 0.0572. The number of carbonyl (C=O) groups excluding carboxylic acids is 1. The number of carbonyl (C=O) groups is 1. The highest BCUT2D eigenvalue weighted by Gasteiger charge is 2.17. The molecule has 0 aromatic heterocycles. The van der Waals surface area contributed by atoms with Crippen LogP contribution in [0.25, 0.3) is 0 Å². The molecular formula is C15H32N2O. The summed E-state index contributed by atoms with van der Waals surface area (Å²) in [5.41, 5.74) is -0.387. The lowest BCUT2D eigenvalue weighted by molar-refractivity contribution is -0.121. The summed E-state index contributed by atoms with van der Waals surface area (Å²) in [6, 6.07) is 2.18. The van der Waals surface area contributed by atoms with Gasteiger partial charge in [-0.1, -0.05) is 41.0 Å². The first-order valence-electron chi connectivity index (χ1n) is 7.20. The minimum absolute atomic E-state index is 0.0572. The Morgan fingerprint density at radius 2 is 1.72 bits per heavy atom. The van der Waals surface area contributed by atoms with Gasteiger partial charge in [-0.2, -0.15) is 5.26 Å². The molecule has 0 rings (SSSR count). The number of hydrogen-bond acceptors (Lipinski definition) is 2. The van der Waals surface area contributed by atoms with Crippen LogP contribution in [0.4, 0.5) is 0 Å². The number of unbranched alkanes of at least 4 members (excludes halogenated alkanes) is 1. The van der Waals surface area contributed by atoms with Gasteiger partial charge in [0.25, 0.3) is 0 Å². The molecule has 0 bridgehead atoms. The van der Waals surface area contributed by atoms with Crippen molar-refractivity contribution in [2.24, 2.45) is 5.41 Å².